The first-order chi connectivity index (χ1) is 14.8. The molecule has 3 rings (SSSR count). The van der Waals surface area contributed by atoms with Crippen LogP contribution in [0.25, 0.3) is 0 Å². The Morgan fingerprint density at radius 1 is 0.968 bits per heavy atom. The fraction of sp³-hybridized carbons (Fsp3) is 0.182. The molecule has 31 heavy (non-hydrogen) atoms. The number of benzene rings is 2. The number of carbonyl (C=O) groups excluding carboxylic acids is 1. The fourth-order valence-corrected chi connectivity index (χ4v) is 4.32. The van der Waals surface area contributed by atoms with E-state index in [4.69, 9.17) is 9.47 Å². The largest absolute Gasteiger partial charge is 0.495 e. The van der Waals surface area contributed by atoms with Crippen molar-refractivity contribution in [3.8, 4) is 11.6 Å². The third-order valence-electron chi connectivity index (χ3n) is 4.45. The zero-order chi connectivity index (χ0) is 22.4. The number of nitrogens with zero attached hydrogens (tertiary/aromatic N) is 2. The summed E-state index contributed by atoms with van der Waals surface area (Å²) in [5, 5.41) is 2.61. The summed E-state index contributed by atoms with van der Waals surface area (Å²) in [4.78, 5) is 17.0. The molecule has 0 unspecified atom stereocenters. The zero-order valence-corrected chi connectivity index (χ0v) is 18.2. The Morgan fingerprint density at radius 3 is 2.35 bits per heavy atom. The van der Waals surface area contributed by atoms with Crippen LogP contribution < -0.4 is 19.1 Å². The van der Waals surface area contributed by atoms with Gasteiger partial charge in [0.2, 0.25) is 11.8 Å². The number of aryl methyl sites for hydroxylation is 1. The number of pyridine rings is 1. The molecule has 0 bridgehead atoms. The number of para-hydroxylation sites is 2. The molecule has 1 amide bonds. The highest BCUT2D eigenvalue weighted by atomic mass is 32.2. The minimum atomic E-state index is -4.06. The molecule has 0 saturated heterocycles. The van der Waals surface area contributed by atoms with Crippen molar-refractivity contribution in [2.75, 3.05) is 30.4 Å². The second-order valence-electron chi connectivity index (χ2n) is 6.61. The topological polar surface area (TPSA) is 97.8 Å². The van der Waals surface area contributed by atoms with Crippen LogP contribution in [0.3, 0.4) is 0 Å². The molecule has 3 aromatic rings. The number of ether oxygens (including phenoxy) is 2. The summed E-state index contributed by atoms with van der Waals surface area (Å²) in [6.45, 7) is 1.39. The van der Waals surface area contributed by atoms with E-state index in [0.717, 1.165) is 9.87 Å². The lowest BCUT2D eigenvalue weighted by molar-refractivity contribution is -0.114. The average Bonchev–Trinajstić information content (AvgIpc) is 2.77. The van der Waals surface area contributed by atoms with Gasteiger partial charge in [-0.25, -0.2) is 8.42 Å². The van der Waals surface area contributed by atoms with Gasteiger partial charge in [-0.1, -0.05) is 35.9 Å². The van der Waals surface area contributed by atoms with Gasteiger partial charge >= 0.3 is 0 Å². The Kier molecular flexibility index (Phi) is 6.76. The van der Waals surface area contributed by atoms with Gasteiger partial charge in [-0.05, 0) is 37.3 Å². The van der Waals surface area contributed by atoms with E-state index in [1.165, 1.54) is 26.4 Å². The fourth-order valence-electron chi connectivity index (χ4n) is 2.88. The van der Waals surface area contributed by atoms with E-state index >= 15 is 0 Å². The highest BCUT2D eigenvalue weighted by Crippen LogP contribution is 2.32. The minimum absolute atomic E-state index is 0.0660. The molecular formula is C22H23N3O5S. The zero-order valence-electron chi connectivity index (χ0n) is 17.4. The standard InChI is InChI=1S/C22H23N3O5S/c1-16-11-13-17(14-12-16)31(27,28)25(18-7-4-5-8-19(18)29-2)15-21(26)23-20-9-6-10-22(24-20)30-3/h4-14H,15H2,1-3H3,(H,23,24,26). The summed E-state index contributed by atoms with van der Waals surface area (Å²) in [6.07, 6.45) is 0. The first kappa shape index (κ1) is 22.1. The maximum absolute atomic E-state index is 13.5. The Morgan fingerprint density at radius 2 is 1.68 bits per heavy atom. The number of sulfonamides is 1. The van der Waals surface area contributed by atoms with Gasteiger partial charge in [-0.15, -0.1) is 0 Å². The van der Waals surface area contributed by atoms with Crippen molar-refractivity contribution < 1.29 is 22.7 Å². The lowest BCUT2D eigenvalue weighted by Crippen LogP contribution is -2.38. The molecule has 0 spiro atoms. The predicted molar refractivity (Wildman–Crippen MR) is 118 cm³/mol. The molecule has 0 aliphatic carbocycles. The molecule has 0 radical (unpaired) electrons. The van der Waals surface area contributed by atoms with Gasteiger partial charge in [0.05, 0.1) is 24.8 Å². The molecule has 0 saturated carbocycles. The SMILES string of the molecule is COc1cccc(NC(=O)CN(c2ccccc2OC)S(=O)(=O)c2ccc(C)cc2)n1. The van der Waals surface area contributed by atoms with Crippen LogP contribution in [0.2, 0.25) is 0 Å². The Balaban J connectivity index is 1.97. The van der Waals surface area contributed by atoms with E-state index in [9.17, 15) is 13.2 Å². The number of carbonyl (C=O) groups is 1. The molecule has 2 aromatic carbocycles. The van der Waals surface area contributed by atoms with Crippen LogP contribution in [0.4, 0.5) is 11.5 Å². The first-order valence-corrected chi connectivity index (χ1v) is 10.8. The van der Waals surface area contributed by atoms with Crippen molar-refractivity contribution in [3.63, 3.8) is 0 Å². The molecule has 9 heteroatoms. The lowest BCUT2D eigenvalue weighted by Gasteiger charge is -2.25. The van der Waals surface area contributed by atoms with E-state index in [-0.39, 0.29) is 16.4 Å². The number of aromatic nitrogens is 1. The van der Waals surface area contributed by atoms with E-state index < -0.39 is 22.5 Å². The Labute approximate surface area is 181 Å². The molecule has 0 aliphatic heterocycles. The maximum Gasteiger partial charge on any atom is 0.264 e. The Bertz CT molecular complexity index is 1160. The number of hydrogen-bond acceptors (Lipinski definition) is 6. The summed E-state index contributed by atoms with van der Waals surface area (Å²) in [7, 11) is -1.15. The minimum Gasteiger partial charge on any atom is -0.495 e. The normalized spacial score (nSPS) is 10.9. The van der Waals surface area contributed by atoms with Gasteiger partial charge in [0.1, 0.15) is 18.1 Å². The second kappa shape index (κ2) is 9.48. The van der Waals surface area contributed by atoms with Crippen molar-refractivity contribution in [1.29, 1.82) is 0 Å². The number of nitrogens with one attached hydrogen (secondary N) is 1. The highest BCUT2D eigenvalue weighted by molar-refractivity contribution is 7.92. The van der Waals surface area contributed by atoms with Gasteiger partial charge in [0.15, 0.2) is 0 Å². The van der Waals surface area contributed by atoms with E-state index in [1.54, 1.807) is 54.6 Å². The highest BCUT2D eigenvalue weighted by Gasteiger charge is 2.29. The summed E-state index contributed by atoms with van der Waals surface area (Å²) in [6, 6.07) is 17.9. The number of anilines is 2. The summed E-state index contributed by atoms with van der Waals surface area (Å²) in [5.41, 5.74) is 1.17. The van der Waals surface area contributed by atoms with Crippen molar-refractivity contribution in [2.24, 2.45) is 0 Å². The van der Waals surface area contributed by atoms with Gasteiger partial charge in [0, 0.05) is 6.07 Å². The molecule has 8 nitrogen and oxygen atoms in total. The first-order valence-electron chi connectivity index (χ1n) is 9.38. The van der Waals surface area contributed by atoms with Crippen LogP contribution in [0, 0.1) is 6.92 Å². The molecule has 1 heterocycles. The van der Waals surface area contributed by atoms with Crippen molar-refractivity contribution in [3.05, 3.63) is 72.3 Å². The number of hydrogen-bond donors (Lipinski definition) is 1. The Hall–Kier alpha value is -3.59. The second-order valence-corrected chi connectivity index (χ2v) is 8.47. The summed E-state index contributed by atoms with van der Waals surface area (Å²) in [5.74, 6) is 0.330. The summed E-state index contributed by atoms with van der Waals surface area (Å²) < 4.78 is 38.3. The van der Waals surface area contributed by atoms with Crippen molar-refractivity contribution in [1.82, 2.24) is 4.98 Å². The predicted octanol–water partition coefficient (Wildman–Crippen LogP) is 3.24. The quantitative estimate of drug-likeness (QED) is 0.576. The lowest BCUT2D eigenvalue weighted by atomic mass is 10.2. The van der Waals surface area contributed by atoms with E-state index in [1.807, 2.05) is 6.92 Å². The van der Waals surface area contributed by atoms with Gasteiger partial charge in [-0.2, -0.15) is 4.98 Å². The number of amides is 1. The smallest absolute Gasteiger partial charge is 0.264 e. The number of rotatable bonds is 8. The van der Waals surface area contributed by atoms with Crippen LogP contribution in [-0.4, -0.2) is 40.1 Å². The number of methoxy groups -OCH3 is 2. The van der Waals surface area contributed by atoms with Crippen molar-refractivity contribution in [2.45, 2.75) is 11.8 Å². The molecule has 1 aromatic heterocycles. The van der Waals surface area contributed by atoms with Crippen LogP contribution >= 0.6 is 0 Å². The van der Waals surface area contributed by atoms with Crippen LogP contribution in [0.1, 0.15) is 5.56 Å². The summed E-state index contributed by atoms with van der Waals surface area (Å²) >= 11 is 0. The molecule has 0 atom stereocenters. The molecular weight excluding hydrogens is 418 g/mol. The third-order valence-corrected chi connectivity index (χ3v) is 6.22. The van der Waals surface area contributed by atoms with E-state index in [2.05, 4.69) is 10.3 Å². The molecule has 162 valence electrons. The van der Waals surface area contributed by atoms with E-state index in [0.29, 0.717) is 11.6 Å². The van der Waals surface area contributed by atoms with Crippen molar-refractivity contribution >= 4 is 27.4 Å². The molecule has 0 aliphatic rings. The molecule has 1 N–H and O–H groups in total. The average molecular weight is 442 g/mol. The monoisotopic (exact) mass is 441 g/mol. The third kappa shape index (κ3) is 5.13. The maximum atomic E-state index is 13.5. The van der Waals surface area contributed by atoms with Crippen LogP contribution in [0.15, 0.2) is 71.6 Å². The van der Waals surface area contributed by atoms with Crippen LogP contribution in [-0.2, 0) is 14.8 Å². The van der Waals surface area contributed by atoms with Gasteiger partial charge in [-0.3, -0.25) is 9.10 Å². The van der Waals surface area contributed by atoms with Gasteiger partial charge < -0.3 is 14.8 Å². The molecule has 0 fully saturated rings. The van der Waals surface area contributed by atoms with Crippen LogP contribution in [0.5, 0.6) is 11.6 Å². The van der Waals surface area contributed by atoms with Gasteiger partial charge in [0.25, 0.3) is 10.0 Å².